The average molecular weight is 521 g/mol. The lowest BCUT2D eigenvalue weighted by Crippen LogP contribution is -2.48. The van der Waals surface area contributed by atoms with Crippen molar-refractivity contribution in [3.05, 3.63) is 23.3 Å². The summed E-state index contributed by atoms with van der Waals surface area (Å²) in [6.45, 7) is 0. The van der Waals surface area contributed by atoms with Gasteiger partial charge in [-0.15, -0.1) is 11.8 Å². The summed E-state index contributed by atoms with van der Waals surface area (Å²) >= 11 is 0.938. The molecule has 17 heteroatoms. The molecule has 0 radical (unpaired) electrons. The molecule has 1 aromatic carbocycles. The number of rotatable bonds is 5. The van der Waals surface area contributed by atoms with Crippen LogP contribution in [0.4, 0.5) is 17.6 Å². The number of ether oxygens (including phenoxy) is 2. The average Bonchev–Trinajstić information content (AvgIpc) is 3.25. The molecule has 3 heterocycles. The third kappa shape index (κ3) is 3.46. The van der Waals surface area contributed by atoms with Crippen LogP contribution >= 0.6 is 11.8 Å². The van der Waals surface area contributed by atoms with Crippen LogP contribution in [0, 0.1) is 35.1 Å². The van der Waals surface area contributed by atoms with Gasteiger partial charge in [0, 0.05) is 0 Å². The monoisotopic (exact) mass is 521 g/mol. The molecule has 0 N–H and O–H groups in total. The Labute approximate surface area is 181 Å². The van der Waals surface area contributed by atoms with E-state index in [1.165, 1.54) is 0 Å². The quantitative estimate of drug-likeness (QED) is 0.129. The lowest BCUT2D eigenvalue weighted by molar-refractivity contribution is -0.149. The Morgan fingerprint density at radius 3 is 2.09 bits per heavy atom. The largest absolute Gasteiger partial charge is 0.744 e. The van der Waals surface area contributed by atoms with Gasteiger partial charge in [0.2, 0.25) is 17.4 Å². The van der Waals surface area contributed by atoms with Crippen molar-refractivity contribution in [2.75, 3.05) is 6.26 Å². The minimum absolute atomic E-state index is 0.702. The highest BCUT2D eigenvalue weighted by Gasteiger charge is 2.71. The maximum atomic E-state index is 14.2. The molecule has 0 saturated carbocycles. The number of fused-ring (bicyclic) bond motifs is 1. The summed E-state index contributed by atoms with van der Waals surface area (Å²) in [6, 6.07) is 0. The minimum atomic E-state index is -5.97. The second kappa shape index (κ2) is 7.28. The highest BCUT2D eigenvalue weighted by atomic mass is 32.2. The van der Waals surface area contributed by atoms with E-state index in [1.807, 2.05) is 0 Å². The number of thioether (sulfide) groups is 1. The van der Waals surface area contributed by atoms with Crippen molar-refractivity contribution < 1.29 is 62.2 Å². The van der Waals surface area contributed by atoms with Crippen LogP contribution in [0.25, 0.3) is 0 Å². The highest BCUT2D eigenvalue weighted by Crippen LogP contribution is 2.59. The van der Waals surface area contributed by atoms with E-state index < -0.39 is 101 Å². The van der Waals surface area contributed by atoms with Crippen LogP contribution in [0.1, 0.15) is 0 Å². The number of halogens is 4. The van der Waals surface area contributed by atoms with Gasteiger partial charge in [-0.2, -0.15) is 17.2 Å². The topological polar surface area (TPSA) is 153 Å². The molecule has 0 amide bonds. The van der Waals surface area contributed by atoms with Crippen molar-refractivity contribution >= 4 is 43.9 Å². The molecule has 176 valence electrons. The third-order valence-electron chi connectivity index (χ3n) is 5.10. The Kier molecular flexibility index (Phi) is 5.28. The molecule has 0 spiro atoms. The molecular formula is C15H9F4O10S3-. The molecule has 1 aromatic rings. The van der Waals surface area contributed by atoms with Crippen molar-refractivity contribution in [2.45, 2.75) is 27.6 Å². The van der Waals surface area contributed by atoms with Crippen LogP contribution in [-0.2, 0) is 38.7 Å². The van der Waals surface area contributed by atoms with Crippen LogP contribution in [0.2, 0.25) is 0 Å². The number of esters is 2. The first-order valence-electron chi connectivity index (χ1n) is 8.41. The van der Waals surface area contributed by atoms with E-state index in [-0.39, 0.29) is 0 Å². The first-order valence-corrected chi connectivity index (χ1v) is 12.6. The van der Waals surface area contributed by atoms with Crippen LogP contribution in [-0.4, -0.2) is 62.3 Å². The summed E-state index contributed by atoms with van der Waals surface area (Å²) in [5, 5.41) is -1.85. The molecular weight excluding hydrogens is 512 g/mol. The van der Waals surface area contributed by atoms with Crippen molar-refractivity contribution in [1.82, 2.24) is 0 Å². The lowest BCUT2D eigenvalue weighted by Gasteiger charge is -2.28. The molecule has 0 aromatic heterocycles. The number of hydrogen-bond acceptors (Lipinski definition) is 11. The Bertz CT molecular complexity index is 1240. The normalized spacial score (nSPS) is 31.1. The second-order valence-corrected chi connectivity index (χ2v) is 11.4. The summed E-state index contributed by atoms with van der Waals surface area (Å²) in [7, 11) is -10.1. The molecule has 3 fully saturated rings. The zero-order chi connectivity index (χ0) is 23.9. The Morgan fingerprint density at radius 2 is 1.59 bits per heavy atom. The maximum Gasteiger partial charge on any atom is 0.316 e. The molecule has 2 bridgehead atoms. The first kappa shape index (κ1) is 23.2. The summed E-state index contributed by atoms with van der Waals surface area (Å²) in [6.07, 6.45) is -1.66. The van der Waals surface area contributed by atoms with Gasteiger partial charge in [-0.05, 0) is 0 Å². The Hall–Kier alpha value is -1.95. The lowest BCUT2D eigenvalue weighted by atomic mass is 9.78. The van der Waals surface area contributed by atoms with Gasteiger partial charge >= 0.3 is 11.9 Å². The van der Waals surface area contributed by atoms with E-state index in [0.717, 1.165) is 11.8 Å². The van der Waals surface area contributed by atoms with Gasteiger partial charge < -0.3 is 14.0 Å². The molecule has 0 aliphatic carbocycles. The van der Waals surface area contributed by atoms with E-state index in [4.69, 9.17) is 8.92 Å². The van der Waals surface area contributed by atoms with E-state index in [9.17, 15) is 48.5 Å². The van der Waals surface area contributed by atoms with Gasteiger partial charge in [0.1, 0.15) is 27.2 Å². The van der Waals surface area contributed by atoms with Gasteiger partial charge in [-0.25, -0.2) is 17.2 Å². The smallest absolute Gasteiger partial charge is 0.316 e. The number of hydrogen-bond donors (Lipinski definition) is 0. The fourth-order valence-electron chi connectivity index (χ4n) is 3.99. The second-order valence-electron chi connectivity index (χ2n) is 7.07. The van der Waals surface area contributed by atoms with Crippen LogP contribution in [0.5, 0.6) is 5.75 Å². The summed E-state index contributed by atoms with van der Waals surface area (Å²) < 4.78 is 126. The van der Waals surface area contributed by atoms with Crippen LogP contribution in [0.3, 0.4) is 0 Å². The van der Waals surface area contributed by atoms with Gasteiger partial charge in [0.25, 0.3) is 10.1 Å². The van der Waals surface area contributed by atoms with E-state index >= 15 is 0 Å². The van der Waals surface area contributed by atoms with Gasteiger partial charge in [0.15, 0.2) is 11.6 Å². The molecule has 4 rings (SSSR count). The van der Waals surface area contributed by atoms with Gasteiger partial charge in [0.05, 0.1) is 28.6 Å². The standard InChI is InChI=1S/C15H10F4O10S3/c1-31(22,23)29-10-9-11-2(15(21)28-9)3(12(10)30-11)14(20)27-8-4(16)6(18)13(32(24,25)26)7(19)5(8)17/h2-3,9-12H,1H3,(H,24,25,26)/p-1. The molecule has 6 unspecified atom stereocenters. The molecule has 10 nitrogen and oxygen atoms in total. The molecule has 3 aliphatic heterocycles. The highest BCUT2D eigenvalue weighted by molar-refractivity contribution is 8.01. The molecule has 3 aliphatic rings. The predicted molar refractivity (Wildman–Crippen MR) is 91.6 cm³/mol. The SMILES string of the molecule is CS(=O)(=O)OC1C2OC(=O)C3C2SC1C3C(=O)Oc1c(F)c(F)c(S(=O)(=O)[O-])c(F)c1F. The van der Waals surface area contributed by atoms with Crippen LogP contribution in [0.15, 0.2) is 4.90 Å². The minimum Gasteiger partial charge on any atom is -0.744 e. The van der Waals surface area contributed by atoms with Crippen molar-refractivity contribution in [2.24, 2.45) is 11.8 Å². The van der Waals surface area contributed by atoms with E-state index in [1.54, 1.807) is 0 Å². The Morgan fingerprint density at radius 1 is 1.03 bits per heavy atom. The third-order valence-corrected chi connectivity index (χ3v) is 8.28. The van der Waals surface area contributed by atoms with Crippen molar-refractivity contribution in [3.8, 4) is 5.75 Å². The number of carbonyl (C=O) groups excluding carboxylic acids is 2. The number of benzene rings is 1. The fraction of sp³-hybridized carbons (Fsp3) is 0.467. The first-order chi connectivity index (χ1) is 14.6. The molecule has 3 saturated heterocycles. The van der Waals surface area contributed by atoms with Gasteiger partial charge in [-0.1, -0.05) is 0 Å². The summed E-state index contributed by atoms with van der Waals surface area (Å²) in [4.78, 5) is 22.4. The fourth-order valence-corrected chi connectivity index (χ4v) is 7.30. The number of carbonyl (C=O) groups is 2. The summed E-state index contributed by atoms with van der Waals surface area (Å²) in [5.74, 6) is -17.5. The summed E-state index contributed by atoms with van der Waals surface area (Å²) in [5.41, 5.74) is 0. The maximum absolute atomic E-state index is 14.2. The Balaban J connectivity index is 1.70. The molecule has 6 atom stereocenters. The van der Waals surface area contributed by atoms with Crippen molar-refractivity contribution in [3.63, 3.8) is 0 Å². The van der Waals surface area contributed by atoms with Crippen LogP contribution < -0.4 is 4.74 Å². The van der Waals surface area contributed by atoms with Crippen molar-refractivity contribution in [1.29, 1.82) is 0 Å². The molecule has 32 heavy (non-hydrogen) atoms. The van der Waals surface area contributed by atoms with E-state index in [0.29, 0.717) is 6.26 Å². The zero-order valence-corrected chi connectivity index (χ0v) is 17.7. The predicted octanol–water partition coefficient (Wildman–Crippen LogP) is 0.0527. The van der Waals surface area contributed by atoms with Gasteiger partial charge in [-0.3, -0.25) is 13.8 Å². The van der Waals surface area contributed by atoms with E-state index in [2.05, 4.69) is 4.74 Å². The zero-order valence-electron chi connectivity index (χ0n) is 15.3.